The first kappa shape index (κ1) is 22.1. The van der Waals surface area contributed by atoms with Crippen LogP contribution in [0.15, 0.2) is 84.6 Å². The molecule has 6 nitrogen and oxygen atoms in total. The van der Waals surface area contributed by atoms with Gasteiger partial charge in [-0.15, -0.1) is 0 Å². The minimum atomic E-state index is -0.392. The summed E-state index contributed by atoms with van der Waals surface area (Å²) in [5.74, 6) is -0.0439. The summed E-state index contributed by atoms with van der Waals surface area (Å²) in [5, 5.41) is 3.20. The topological polar surface area (TPSA) is 61.9 Å². The minimum Gasteiger partial charge on any atom is -0.494 e. The van der Waals surface area contributed by atoms with Gasteiger partial charge in [-0.2, -0.15) is 0 Å². The number of carbonyl (C=O) groups excluding carboxylic acids is 2. The van der Waals surface area contributed by atoms with Gasteiger partial charge < -0.3 is 15.0 Å². The number of nitrogens with one attached hydrogen (secondary N) is 1. The molecule has 6 heteroatoms. The van der Waals surface area contributed by atoms with E-state index in [2.05, 4.69) is 5.32 Å². The van der Waals surface area contributed by atoms with E-state index in [0.717, 1.165) is 12.1 Å². The van der Waals surface area contributed by atoms with E-state index in [1.165, 1.54) is 4.90 Å². The first-order valence-electron chi connectivity index (χ1n) is 11.0. The molecule has 4 rings (SSSR count). The Hall–Kier alpha value is -4.06. The van der Waals surface area contributed by atoms with Gasteiger partial charge >= 0.3 is 0 Å². The molecule has 0 saturated carbocycles. The first-order valence-corrected chi connectivity index (χ1v) is 11.0. The number of hydrogen-bond donors (Lipinski definition) is 1. The van der Waals surface area contributed by atoms with Crippen molar-refractivity contribution in [1.29, 1.82) is 0 Å². The van der Waals surface area contributed by atoms with E-state index in [-0.39, 0.29) is 11.6 Å². The third-order valence-corrected chi connectivity index (χ3v) is 5.35. The van der Waals surface area contributed by atoms with Gasteiger partial charge in [0.1, 0.15) is 11.4 Å². The lowest BCUT2D eigenvalue weighted by Gasteiger charge is -2.18. The summed E-state index contributed by atoms with van der Waals surface area (Å²) < 4.78 is 5.72. The van der Waals surface area contributed by atoms with Crippen molar-refractivity contribution in [1.82, 2.24) is 0 Å². The molecule has 0 unspecified atom stereocenters. The van der Waals surface area contributed by atoms with Gasteiger partial charge in [-0.3, -0.25) is 9.59 Å². The molecule has 3 aromatic carbocycles. The van der Waals surface area contributed by atoms with Gasteiger partial charge in [-0.25, -0.2) is 4.90 Å². The van der Waals surface area contributed by atoms with Crippen molar-refractivity contribution in [3.63, 3.8) is 0 Å². The van der Waals surface area contributed by atoms with Crippen LogP contribution < -0.4 is 19.9 Å². The average Bonchev–Trinajstić information content (AvgIpc) is 3.07. The van der Waals surface area contributed by atoms with Crippen LogP contribution in [-0.4, -0.2) is 32.5 Å². The first-order chi connectivity index (χ1) is 16.0. The molecule has 2 amide bonds. The number of benzene rings is 3. The molecule has 3 aromatic rings. The zero-order chi connectivity index (χ0) is 23.4. The second kappa shape index (κ2) is 9.61. The molecule has 0 spiro atoms. The fraction of sp³-hybridized carbons (Fsp3) is 0.185. The van der Waals surface area contributed by atoms with Crippen LogP contribution >= 0.6 is 0 Å². The van der Waals surface area contributed by atoms with E-state index >= 15 is 0 Å². The molecular weight excluding hydrogens is 414 g/mol. The standard InChI is InChI=1S/C27H27N3O3/c1-4-17-33-23-12-8-11-20(18-23)28-25-24(19-9-6-5-7-10-19)26(31)30(27(25)32)22-15-13-21(14-16-22)29(2)3/h5-16,18,28H,4,17H2,1-3H3. The molecule has 0 radical (unpaired) electrons. The lowest BCUT2D eigenvalue weighted by molar-refractivity contribution is -0.120. The number of rotatable bonds is 8. The van der Waals surface area contributed by atoms with Crippen molar-refractivity contribution in [3.05, 3.63) is 90.1 Å². The Morgan fingerprint density at radius 2 is 1.61 bits per heavy atom. The Balaban J connectivity index is 1.72. The Bertz CT molecular complexity index is 1180. The van der Waals surface area contributed by atoms with E-state index in [0.29, 0.717) is 34.9 Å². The minimum absolute atomic E-state index is 0.246. The predicted molar refractivity (Wildman–Crippen MR) is 132 cm³/mol. The number of anilines is 3. The maximum Gasteiger partial charge on any atom is 0.282 e. The van der Waals surface area contributed by atoms with Crippen LogP contribution in [0.1, 0.15) is 18.9 Å². The fourth-order valence-corrected chi connectivity index (χ4v) is 3.68. The third kappa shape index (κ3) is 4.60. The number of nitrogens with zero attached hydrogens (tertiary/aromatic N) is 2. The highest BCUT2D eigenvalue weighted by atomic mass is 16.5. The van der Waals surface area contributed by atoms with Gasteiger partial charge in [0.15, 0.2) is 0 Å². The lowest BCUT2D eigenvalue weighted by Crippen LogP contribution is -2.32. The maximum atomic E-state index is 13.5. The molecule has 0 bridgehead atoms. The monoisotopic (exact) mass is 441 g/mol. The second-order valence-electron chi connectivity index (χ2n) is 7.97. The van der Waals surface area contributed by atoms with Crippen LogP contribution in [0.5, 0.6) is 5.75 Å². The highest BCUT2D eigenvalue weighted by Gasteiger charge is 2.40. The zero-order valence-corrected chi connectivity index (χ0v) is 19.0. The number of carbonyl (C=O) groups is 2. The van der Waals surface area contributed by atoms with Crippen LogP contribution in [0, 0.1) is 0 Å². The van der Waals surface area contributed by atoms with Crippen LogP contribution in [0.25, 0.3) is 5.57 Å². The molecule has 0 aromatic heterocycles. The van der Waals surface area contributed by atoms with Crippen molar-refractivity contribution in [2.45, 2.75) is 13.3 Å². The fourth-order valence-electron chi connectivity index (χ4n) is 3.68. The summed E-state index contributed by atoms with van der Waals surface area (Å²) in [4.78, 5) is 30.2. The van der Waals surface area contributed by atoms with Gasteiger partial charge in [-0.1, -0.05) is 43.3 Å². The summed E-state index contributed by atoms with van der Waals surface area (Å²) >= 11 is 0. The highest BCUT2D eigenvalue weighted by Crippen LogP contribution is 2.34. The molecule has 1 aliphatic heterocycles. The number of imide groups is 1. The maximum absolute atomic E-state index is 13.5. The van der Waals surface area contributed by atoms with Crippen LogP contribution in [0.3, 0.4) is 0 Å². The molecule has 1 aliphatic rings. The average molecular weight is 442 g/mol. The van der Waals surface area contributed by atoms with Crippen molar-refractivity contribution in [2.24, 2.45) is 0 Å². The molecule has 33 heavy (non-hydrogen) atoms. The quantitative estimate of drug-likeness (QED) is 0.502. The Morgan fingerprint density at radius 3 is 2.27 bits per heavy atom. The predicted octanol–water partition coefficient (Wildman–Crippen LogP) is 4.94. The van der Waals surface area contributed by atoms with Gasteiger partial charge in [0.05, 0.1) is 17.9 Å². The highest BCUT2D eigenvalue weighted by molar-refractivity contribution is 6.46. The smallest absolute Gasteiger partial charge is 0.282 e. The summed E-state index contributed by atoms with van der Waals surface area (Å²) in [5.41, 5.74) is 3.46. The van der Waals surface area contributed by atoms with Crippen molar-refractivity contribution >= 4 is 34.4 Å². The molecule has 0 saturated heterocycles. The molecule has 0 aliphatic carbocycles. The van der Waals surface area contributed by atoms with Crippen LogP contribution in [-0.2, 0) is 9.59 Å². The molecule has 1 N–H and O–H groups in total. The van der Waals surface area contributed by atoms with Gasteiger partial charge in [-0.05, 0) is 48.4 Å². The summed E-state index contributed by atoms with van der Waals surface area (Å²) in [6.07, 6.45) is 0.898. The molecule has 1 heterocycles. The number of hydrogen-bond acceptors (Lipinski definition) is 5. The Labute approximate surface area is 194 Å². The van der Waals surface area contributed by atoms with Crippen molar-refractivity contribution in [3.8, 4) is 5.75 Å². The number of amides is 2. The molecular formula is C27H27N3O3. The van der Waals surface area contributed by atoms with Gasteiger partial charge in [0, 0.05) is 31.5 Å². The SMILES string of the molecule is CCCOc1cccc(NC2=C(c3ccccc3)C(=O)N(c3ccc(N(C)C)cc3)C2=O)c1. The second-order valence-corrected chi connectivity index (χ2v) is 7.97. The van der Waals surface area contributed by atoms with Crippen molar-refractivity contribution < 1.29 is 14.3 Å². The Kier molecular flexibility index (Phi) is 6.45. The molecule has 0 atom stereocenters. The zero-order valence-electron chi connectivity index (χ0n) is 19.0. The Morgan fingerprint density at radius 1 is 0.879 bits per heavy atom. The molecule has 0 fully saturated rings. The van der Waals surface area contributed by atoms with Crippen molar-refractivity contribution in [2.75, 3.05) is 35.8 Å². The van der Waals surface area contributed by atoms with E-state index in [4.69, 9.17) is 4.74 Å². The largest absolute Gasteiger partial charge is 0.494 e. The summed E-state index contributed by atoms with van der Waals surface area (Å²) in [6.45, 7) is 2.65. The number of ether oxygens (including phenoxy) is 1. The summed E-state index contributed by atoms with van der Waals surface area (Å²) in [6, 6.07) is 24.0. The van der Waals surface area contributed by atoms with E-state index in [9.17, 15) is 9.59 Å². The summed E-state index contributed by atoms with van der Waals surface area (Å²) in [7, 11) is 3.88. The lowest BCUT2D eigenvalue weighted by atomic mass is 10.0. The normalized spacial score (nSPS) is 13.5. The molecule has 168 valence electrons. The van der Waals surface area contributed by atoms with Crippen LogP contribution in [0.2, 0.25) is 0 Å². The van der Waals surface area contributed by atoms with Crippen LogP contribution in [0.4, 0.5) is 17.1 Å². The van der Waals surface area contributed by atoms with Gasteiger partial charge in [0.25, 0.3) is 11.8 Å². The van der Waals surface area contributed by atoms with Gasteiger partial charge in [0.2, 0.25) is 0 Å². The third-order valence-electron chi connectivity index (χ3n) is 5.35. The van der Waals surface area contributed by atoms with E-state index < -0.39 is 5.91 Å². The van der Waals surface area contributed by atoms with E-state index in [1.807, 2.05) is 92.6 Å². The van der Waals surface area contributed by atoms with E-state index in [1.54, 1.807) is 12.1 Å².